The van der Waals surface area contributed by atoms with Gasteiger partial charge in [-0.25, -0.2) is 0 Å². The standard InChI is InChI=1S/C5H12N4O.2C2H6/c1-3(10)4(6)2-9-5(7)8;2*1-2/h4H,2,6H2,1H3,(H4,7,8,9);2*1-2H3/t4-;;/m1../s1. The van der Waals surface area contributed by atoms with Crippen LogP contribution in [-0.2, 0) is 4.79 Å². The van der Waals surface area contributed by atoms with Crippen LogP contribution in [0.3, 0.4) is 0 Å². The highest BCUT2D eigenvalue weighted by Crippen LogP contribution is 1.80. The molecule has 0 aliphatic heterocycles. The molecule has 5 heteroatoms. The number of nitrogens with two attached hydrogens (primary N) is 3. The van der Waals surface area contributed by atoms with Crippen LogP contribution in [0.4, 0.5) is 0 Å². The Labute approximate surface area is 86.7 Å². The van der Waals surface area contributed by atoms with E-state index in [0.717, 1.165) is 0 Å². The fraction of sp³-hybridized carbons (Fsp3) is 0.778. The lowest BCUT2D eigenvalue weighted by molar-refractivity contribution is -0.117. The van der Waals surface area contributed by atoms with Gasteiger partial charge in [0.25, 0.3) is 0 Å². The molecule has 1 atom stereocenters. The predicted octanol–water partition coefficient (Wildman–Crippen LogP) is 0.229. The Morgan fingerprint density at radius 2 is 1.57 bits per heavy atom. The van der Waals surface area contributed by atoms with E-state index in [0.29, 0.717) is 0 Å². The smallest absolute Gasteiger partial charge is 0.185 e. The summed E-state index contributed by atoms with van der Waals surface area (Å²) in [6.07, 6.45) is 0. The summed E-state index contributed by atoms with van der Waals surface area (Å²) in [6.45, 7) is 9.56. The zero-order chi connectivity index (χ0) is 12.1. The SMILES string of the molecule is CC.CC.CC(=O)[C@H](N)CN=C(N)N. The van der Waals surface area contributed by atoms with Crippen molar-refractivity contribution in [3.63, 3.8) is 0 Å². The Kier molecular flexibility index (Phi) is 19.2. The van der Waals surface area contributed by atoms with Crippen LogP contribution in [-0.4, -0.2) is 24.3 Å². The van der Waals surface area contributed by atoms with Crippen molar-refractivity contribution < 1.29 is 4.79 Å². The van der Waals surface area contributed by atoms with Crippen LogP contribution in [0, 0.1) is 0 Å². The van der Waals surface area contributed by atoms with Gasteiger partial charge in [-0.2, -0.15) is 0 Å². The van der Waals surface area contributed by atoms with Gasteiger partial charge >= 0.3 is 0 Å². The third-order valence-electron chi connectivity index (χ3n) is 0.993. The minimum Gasteiger partial charge on any atom is -0.370 e. The second kappa shape index (κ2) is 14.4. The van der Waals surface area contributed by atoms with Crippen molar-refractivity contribution in [2.75, 3.05) is 6.54 Å². The van der Waals surface area contributed by atoms with Crippen molar-refractivity contribution in [1.29, 1.82) is 0 Å². The first-order chi connectivity index (χ1) is 6.54. The van der Waals surface area contributed by atoms with E-state index in [1.54, 1.807) is 0 Å². The first kappa shape index (κ1) is 18.6. The number of carbonyl (C=O) groups is 1. The highest BCUT2D eigenvalue weighted by atomic mass is 16.1. The van der Waals surface area contributed by atoms with Gasteiger partial charge in [0.2, 0.25) is 0 Å². The Morgan fingerprint density at radius 1 is 1.21 bits per heavy atom. The van der Waals surface area contributed by atoms with E-state index in [4.69, 9.17) is 17.2 Å². The summed E-state index contributed by atoms with van der Waals surface area (Å²) in [5.41, 5.74) is 15.3. The van der Waals surface area contributed by atoms with Crippen LogP contribution >= 0.6 is 0 Å². The van der Waals surface area contributed by atoms with Gasteiger partial charge in [-0.1, -0.05) is 27.7 Å². The zero-order valence-electron chi connectivity index (χ0n) is 9.87. The second-order valence-corrected chi connectivity index (χ2v) is 1.98. The summed E-state index contributed by atoms with van der Waals surface area (Å²) < 4.78 is 0. The van der Waals surface area contributed by atoms with E-state index in [-0.39, 0.29) is 18.3 Å². The fourth-order valence-electron chi connectivity index (χ4n) is 0.332. The number of hydrogen-bond donors (Lipinski definition) is 3. The molecule has 0 aromatic rings. The molecule has 0 spiro atoms. The van der Waals surface area contributed by atoms with E-state index < -0.39 is 6.04 Å². The van der Waals surface area contributed by atoms with Crippen molar-refractivity contribution in [1.82, 2.24) is 0 Å². The van der Waals surface area contributed by atoms with E-state index in [1.807, 2.05) is 27.7 Å². The van der Waals surface area contributed by atoms with Gasteiger partial charge < -0.3 is 17.2 Å². The van der Waals surface area contributed by atoms with Crippen LogP contribution in [0.1, 0.15) is 34.6 Å². The molecule has 0 rings (SSSR count). The minimum atomic E-state index is -0.581. The van der Waals surface area contributed by atoms with Gasteiger partial charge in [0.1, 0.15) is 5.78 Å². The summed E-state index contributed by atoms with van der Waals surface area (Å²) in [4.78, 5) is 14.1. The largest absolute Gasteiger partial charge is 0.370 e. The summed E-state index contributed by atoms with van der Waals surface area (Å²) in [5, 5.41) is 0. The Morgan fingerprint density at radius 3 is 1.79 bits per heavy atom. The lowest BCUT2D eigenvalue weighted by Crippen LogP contribution is -2.33. The third-order valence-corrected chi connectivity index (χ3v) is 0.993. The van der Waals surface area contributed by atoms with Gasteiger partial charge in [0.15, 0.2) is 5.96 Å². The van der Waals surface area contributed by atoms with Gasteiger partial charge in [-0.05, 0) is 6.92 Å². The van der Waals surface area contributed by atoms with Crippen LogP contribution in [0.2, 0.25) is 0 Å². The van der Waals surface area contributed by atoms with Crippen molar-refractivity contribution in [2.45, 2.75) is 40.7 Å². The molecule has 0 unspecified atom stereocenters. The molecule has 0 aliphatic carbocycles. The Hall–Kier alpha value is -1.10. The second-order valence-electron chi connectivity index (χ2n) is 1.98. The number of nitrogens with zero attached hydrogens (tertiary/aromatic N) is 1. The van der Waals surface area contributed by atoms with Gasteiger partial charge in [-0.3, -0.25) is 9.79 Å². The van der Waals surface area contributed by atoms with E-state index in [1.165, 1.54) is 6.92 Å². The number of guanidine groups is 1. The molecule has 0 radical (unpaired) electrons. The molecule has 86 valence electrons. The highest BCUT2D eigenvalue weighted by molar-refractivity contribution is 5.82. The molecule has 0 aromatic carbocycles. The van der Waals surface area contributed by atoms with Crippen molar-refractivity contribution in [3.05, 3.63) is 0 Å². The van der Waals surface area contributed by atoms with E-state index in [9.17, 15) is 4.79 Å². The molecule has 6 N–H and O–H groups in total. The molecule has 0 aliphatic rings. The first-order valence-electron chi connectivity index (χ1n) is 4.85. The quantitative estimate of drug-likeness (QED) is 0.451. The number of aliphatic imine (C=N–C) groups is 1. The molecule has 5 nitrogen and oxygen atoms in total. The molecule has 0 heterocycles. The lowest BCUT2D eigenvalue weighted by Gasteiger charge is -2.01. The zero-order valence-corrected chi connectivity index (χ0v) is 9.87. The first-order valence-corrected chi connectivity index (χ1v) is 4.85. The molecule has 0 saturated carbocycles. The Bertz CT molecular complexity index is 153. The number of Topliss-reactive ketones (excluding diaryl/α,β-unsaturated/α-hetero) is 1. The maximum atomic E-state index is 10.5. The van der Waals surface area contributed by atoms with Crippen LogP contribution in [0.15, 0.2) is 4.99 Å². The lowest BCUT2D eigenvalue weighted by atomic mass is 10.2. The van der Waals surface area contributed by atoms with E-state index >= 15 is 0 Å². The molecule has 0 saturated heterocycles. The normalized spacial score (nSPS) is 9.57. The van der Waals surface area contributed by atoms with E-state index in [2.05, 4.69) is 4.99 Å². The average Bonchev–Trinajstić information content (AvgIpc) is 2.20. The van der Waals surface area contributed by atoms with Crippen LogP contribution in [0.25, 0.3) is 0 Å². The van der Waals surface area contributed by atoms with Gasteiger partial charge in [-0.15, -0.1) is 0 Å². The molecule has 0 fully saturated rings. The van der Waals surface area contributed by atoms with Crippen molar-refractivity contribution >= 4 is 11.7 Å². The predicted molar refractivity (Wildman–Crippen MR) is 62.0 cm³/mol. The minimum absolute atomic E-state index is 0.0447. The topological polar surface area (TPSA) is 107 Å². The molecule has 0 amide bonds. The molecular weight excluding hydrogens is 180 g/mol. The molecule has 14 heavy (non-hydrogen) atoms. The maximum Gasteiger partial charge on any atom is 0.185 e. The van der Waals surface area contributed by atoms with Crippen LogP contribution in [0.5, 0.6) is 0 Å². The van der Waals surface area contributed by atoms with Gasteiger partial charge in [0.05, 0.1) is 12.6 Å². The van der Waals surface area contributed by atoms with Gasteiger partial charge in [0, 0.05) is 0 Å². The van der Waals surface area contributed by atoms with Crippen molar-refractivity contribution in [3.8, 4) is 0 Å². The summed E-state index contributed by atoms with van der Waals surface area (Å²) >= 11 is 0. The molecular formula is C9H24N4O. The summed E-state index contributed by atoms with van der Waals surface area (Å²) in [5.74, 6) is -0.165. The number of hydrogen-bond acceptors (Lipinski definition) is 3. The molecule has 0 aromatic heterocycles. The van der Waals surface area contributed by atoms with Crippen molar-refractivity contribution in [2.24, 2.45) is 22.2 Å². The fourth-order valence-corrected chi connectivity index (χ4v) is 0.332. The molecule has 0 bridgehead atoms. The number of carbonyl (C=O) groups excluding carboxylic acids is 1. The third kappa shape index (κ3) is 17.1. The van der Waals surface area contributed by atoms with Crippen LogP contribution < -0.4 is 17.2 Å². The summed E-state index contributed by atoms with van der Waals surface area (Å²) in [6, 6.07) is -0.581. The number of rotatable bonds is 3. The monoisotopic (exact) mass is 204 g/mol. The average molecular weight is 204 g/mol. The summed E-state index contributed by atoms with van der Waals surface area (Å²) in [7, 11) is 0. The highest BCUT2D eigenvalue weighted by Gasteiger charge is 2.05. The number of ketones is 1. The maximum absolute atomic E-state index is 10.5. The Balaban J connectivity index is -0.000000266.